The fourth-order valence-corrected chi connectivity index (χ4v) is 2.66. The molecule has 0 bridgehead atoms. The Balaban J connectivity index is 1.80. The number of carbonyl (C=O) groups excluding carboxylic acids is 1. The lowest BCUT2D eigenvalue weighted by Crippen LogP contribution is -2.26. The molecule has 0 spiro atoms. The predicted molar refractivity (Wildman–Crippen MR) is 75.5 cm³/mol. The molecular formula is C16H22O4. The molecule has 0 unspecified atom stereocenters. The highest BCUT2D eigenvalue weighted by atomic mass is 16.5. The highest BCUT2D eigenvalue weighted by molar-refractivity contribution is 5.72. The largest absolute Gasteiger partial charge is 0.496 e. The topological polar surface area (TPSA) is 44.8 Å². The number of benzene rings is 1. The minimum Gasteiger partial charge on any atom is -0.496 e. The van der Waals surface area contributed by atoms with Crippen LogP contribution in [-0.4, -0.2) is 26.3 Å². The fraction of sp³-hybridized carbons (Fsp3) is 0.562. The lowest BCUT2D eigenvalue weighted by atomic mass is 9.87. The first kappa shape index (κ1) is 14.9. The highest BCUT2D eigenvalue weighted by Crippen LogP contribution is 2.28. The molecule has 0 atom stereocenters. The van der Waals surface area contributed by atoms with E-state index < -0.39 is 0 Å². The Morgan fingerprint density at radius 1 is 1.15 bits per heavy atom. The SMILES string of the molecule is COC(=O)C1CCC(OCc2ccccc2OC)CC1. The molecule has 110 valence electrons. The van der Waals surface area contributed by atoms with Crippen molar-refractivity contribution in [2.45, 2.75) is 38.4 Å². The summed E-state index contributed by atoms with van der Waals surface area (Å²) in [6, 6.07) is 7.88. The minimum absolute atomic E-state index is 0.0473. The molecule has 1 aromatic rings. The van der Waals surface area contributed by atoms with Crippen LogP contribution >= 0.6 is 0 Å². The maximum absolute atomic E-state index is 11.5. The fourth-order valence-electron chi connectivity index (χ4n) is 2.66. The first-order valence-corrected chi connectivity index (χ1v) is 7.06. The molecule has 0 heterocycles. The molecule has 1 fully saturated rings. The summed E-state index contributed by atoms with van der Waals surface area (Å²) in [5.41, 5.74) is 1.06. The number of hydrogen-bond donors (Lipinski definition) is 0. The van der Waals surface area contributed by atoms with Crippen LogP contribution in [0.15, 0.2) is 24.3 Å². The van der Waals surface area contributed by atoms with Gasteiger partial charge in [0.05, 0.1) is 32.8 Å². The highest BCUT2D eigenvalue weighted by Gasteiger charge is 2.27. The Morgan fingerprint density at radius 3 is 2.50 bits per heavy atom. The normalized spacial score (nSPS) is 22.3. The van der Waals surface area contributed by atoms with Gasteiger partial charge >= 0.3 is 5.97 Å². The summed E-state index contributed by atoms with van der Waals surface area (Å²) >= 11 is 0. The number of methoxy groups -OCH3 is 2. The first-order valence-electron chi connectivity index (χ1n) is 7.06. The van der Waals surface area contributed by atoms with Crippen LogP contribution in [0.2, 0.25) is 0 Å². The zero-order chi connectivity index (χ0) is 14.4. The molecule has 1 aliphatic carbocycles. The molecule has 0 N–H and O–H groups in total. The summed E-state index contributed by atoms with van der Waals surface area (Å²) in [5, 5.41) is 0. The third-order valence-electron chi connectivity index (χ3n) is 3.88. The molecule has 0 amide bonds. The number of rotatable bonds is 5. The average Bonchev–Trinajstić information content (AvgIpc) is 2.53. The summed E-state index contributed by atoms with van der Waals surface area (Å²) in [5.74, 6) is 0.815. The van der Waals surface area contributed by atoms with E-state index in [1.807, 2.05) is 24.3 Å². The molecule has 0 radical (unpaired) electrons. The second-order valence-corrected chi connectivity index (χ2v) is 5.12. The van der Waals surface area contributed by atoms with E-state index in [4.69, 9.17) is 14.2 Å². The van der Waals surface area contributed by atoms with Gasteiger partial charge in [-0.25, -0.2) is 0 Å². The molecule has 0 aliphatic heterocycles. The van der Waals surface area contributed by atoms with Gasteiger partial charge in [-0.1, -0.05) is 18.2 Å². The van der Waals surface area contributed by atoms with Crippen LogP contribution in [0.3, 0.4) is 0 Å². The number of ether oxygens (including phenoxy) is 3. The van der Waals surface area contributed by atoms with Gasteiger partial charge in [-0.2, -0.15) is 0 Å². The minimum atomic E-state index is -0.0896. The van der Waals surface area contributed by atoms with E-state index in [1.54, 1.807) is 7.11 Å². The number of para-hydroxylation sites is 1. The van der Waals surface area contributed by atoms with Crippen molar-refractivity contribution < 1.29 is 19.0 Å². The molecule has 20 heavy (non-hydrogen) atoms. The second-order valence-electron chi connectivity index (χ2n) is 5.12. The molecule has 1 aromatic carbocycles. The van der Waals surface area contributed by atoms with Gasteiger partial charge in [-0.15, -0.1) is 0 Å². The van der Waals surface area contributed by atoms with E-state index in [2.05, 4.69) is 0 Å². The van der Waals surface area contributed by atoms with E-state index in [0.29, 0.717) is 6.61 Å². The molecule has 2 rings (SSSR count). The lowest BCUT2D eigenvalue weighted by Gasteiger charge is -2.27. The van der Waals surface area contributed by atoms with Crippen molar-refractivity contribution in [2.75, 3.05) is 14.2 Å². The second kappa shape index (κ2) is 7.29. The number of esters is 1. The summed E-state index contributed by atoms with van der Waals surface area (Å²) in [6.45, 7) is 0.553. The van der Waals surface area contributed by atoms with Crippen LogP contribution < -0.4 is 4.74 Å². The van der Waals surface area contributed by atoms with Gasteiger partial charge in [0.25, 0.3) is 0 Å². The summed E-state index contributed by atoms with van der Waals surface area (Å²) in [6.07, 6.45) is 3.75. The monoisotopic (exact) mass is 278 g/mol. The zero-order valence-corrected chi connectivity index (χ0v) is 12.1. The summed E-state index contributed by atoms with van der Waals surface area (Å²) in [7, 11) is 3.12. The van der Waals surface area contributed by atoms with E-state index >= 15 is 0 Å². The van der Waals surface area contributed by atoms with Crippen molar-refractivity contribution in [2.24, 2.45) is 5.92 Å². The third-order valence-corrected chi connectivity index (χ3v) is 3.88. The van der Waals surface area contributed by atoms with Crippen LogP contribution in [0.25, 0.3) is 0 Å². The number of hydrogen-bond acceptors (Lipinski definition) is 4. The molecule has 1 saturated carbocycles. The maximum Gasteiger partial charge on any atom is 0.308 e. The maximum atomic E-state index is 11.5. The van der Waals surface area contributed by atoms with Crippen LogP contribution in [0.1, 0.15) is 31.2 Å². The molecule has 1 aliphatic rings. The van der Waals surface area contributed by atoms with Crippen LogP contribution in [-0.2, 0) is 20.9 Å². The Hall–Kier alpha value is -1.55. The van der Waals surface area contributed by atoms with Gasteiger partial charge < -0.3 is 14.2 Å². The molecule has 4 heteroatoms. The molecular weight excluding hydrogens is 256 g/mol. The quantitative estimate of drug-likeness (QED) is 0.777. The van der Waals surface area contributed by atoms with Crippen LogP contribution in [0.5, 0.6) is 5.75 Å². The van der Waals surface area contributed by atoms with Gasteiger partial charge in [-0.3, -0.25) is 4.79 Å². The first-order chi connectivity index (χ1) is 9.74. The number of carbonyl (C=O) groups is 1. The van der Waals surface area contributed by atoms with Crippen LogP contribution in [0, 0.1) is 5.92 Å². The van der Waals surface area contributed by atoms with Crippen molar-refractivity contribution in [1.82, 2.24) is 0 Å². The van der Waals surface area contributed by atoms with Gasteiger partial charge in [0, 0.05) is 5.56 Å². The van der Waals surface area contributed by atoms with E-state index in [0.717, 1.165) is 37.0 Å². The van der Waals surface area contributed by atoms with E-state index in [9.17, 15) is 4.79 Å². The Morgan fingerprint density at radius 2 is 1.85 bits per heavy atom. The third kappa shape index (κ3) is 3.73. The lowest BCUT2D eigenvalue weighted by molar-refractivity contribution is -0.147. The zero-order valence-electron chi connectivity index (χ0n) is 12.1. The van der Waals surface area contributed by atoms with E-state index in [1.165, 1.54) is 7.11 Å². The Labute approximate surface area is 120 Å². The molecule has 4 nitrogen and oxygen atoms in total. The van der Waals surface area contributed by atoms with Gasteiger partial charge in [-0.05, 0) is 31.7 Å². The summed E-state index contributed by atoms with van der Waals surface area (Å²) < 4.78 is 16.0. The summed E-state index contributed by atoms with van der Waals surface area (Å²) in [4.78, 5) is 11.5. The Kier molecular flexibility index (Phi) is 5.41. The van der Waals surface area contributed by atoms with Crippen molar-refractivity contribution >= 4 is 5.97 Å². The molecule has 0 aromatic heterocycles. The van der Waals surface area contributed by atoms with Gasteiger partial charge in [0.1, 0.15) is 5.75 Å². The van der Waals surface area contributed by atoms with Gasteiger partial charge in [0.15, 0.2) is 0 Å². The molecule has 0 saturated heterocycles. The van der Waals surface area contributed by atoms with Crippen molar-refractivity contribution in [3.8, 4) is 5.75 Å². The van der Waals surface area contributed by atoms with Crippen molar-refractivity contribution in [1.29, 1.82) is 0 Å². The predicted octanol–water partition coefficient (Wildman–Crippen LogP) is 2.94. The van der Waals surface area contributed by atoms with Crippen molar-refractivity contribution in [3.05, 3.63) is 29.8 Å². The Bertz CT molecular complexity index is 436. The smallest absolute Gasteiger partial charge is 0.308 e. The van der Waals surface area contributed by atoms with Crippen LogP contribution in [0.4, 0.5) is 0 Å². The average molecular weight is 278 g/mol. The standard InChI is InChI=1S/C16H22O4/c1-18-15-6-4-3-5-13(15)11-20-14-9-7-12(8-10-14)16(17)19-2/h3-6,12,14H,7-11H2,1-2H3. The van der Waals surface area contributed by atoms with E-state index in [-0.39, 0.29) is 18.0 Å². The van der Waals surface area contributed by atoms with Gasteiger partial charge in [0.2, 0.25) is 0 Å². The van der Waals surface area contributed by atoms with Crippen molar-refractivity contribution in [3.63, 3.8) is 0 Å².